The Balaban J connectivity index is 2.34. The minimum absolute atomic E-state index is 0.157. The van der Waals surface area contributed by atoms with Crippen LogP contribution in [0.5, 0.6) is 5.75 Å². The van der Waals surface area contributed by atoms with E-state index in [1.807, 2.05) is 0 Å². The van der Waals surface area contributed by atoms with Crippen molar-refractivity contribution in [3.05, 3.63) is 28.3 Å². The molecule has 0 bridgehead atoms. The van der Waals surface area contributed by atoms with Gasteiger partial charge in [0.25, 0.3) is 0 Å². The number of hydrogen-bond donors (Lipinski definition) is 1. The summed E-state index contributed by atoms with van der Waals surface area (Å²) in [5.74, 6) is 0.994. The van der Waals surface area contributed by atoms with Gasteiger partial charge >= 0.3 is 0 Å². The van der Waals surface area contributed by atoms with Crippen LogP contribution < -0.4 is 10.1 Å². The molecule has 2 atom stereocenters. The zero-order chi connectivity index (χ0) is 13.3. The van der Waals surface area contributed by atoms with E-state index in [1.54, 1.807) is 7.11 Å². The molecule has 1 saturated heterocycles. The zero-order valence-corrected chi connectivity index (χ0v) is 12.0. The molecular weight excluding hydrogens is 226 g/mol. The molecule has 0 radical (unpaired) electrons. The predicted octanol–water partition coefficient (Wildman–Crippen LogP) is 2.67. The molecule has 0 aliphatic carbocycles. The van der Waals surface area contributed by atoms with Crippen LogP contribution in [0.2, 0.25) is 0 Å². The third-order valence-electron chi connectivity index (χ3n) is 3.82. The van der Waals surface area contributed by atoms with Gasteiger partial charge in [-0.3, -0.25) is 0 Å². The van der Waals surface area contributed by atoms with E-state index in [4.69, 9.17) is 9.47 Å². The van der Waals surface area contributed by atoms with Crippen LogP contribution in [0.15, 0.2) is 6.07 Å². The fraction of sp³-hybridized carbons (Fsp3) is 0.600. The molecule has 1 aromatic carbocycles. The van der Waals surface area contributed by atoms with Crippen molar-refractivity contribution in [1.82, 2.24) is 5.32 Å². The van der Waals surface area contributed by atoms with E-state index < -0.39 is 0 Å². The molecule has 0 aromatic heterocycles. The molecule has 0 saturated carbocycles. The van der Waals surface area contributed by atoms with Crippen molar-refractivity contribution in [2.75, 3.05) is 20.3 Å². The number of morpholine rings is 1. The van der Waals surface area contributed by atoms with Crippen molar-refractivity contribution in [1.29, 1.82) is 0 Å². The van der Waals surface area contributed by atoms with Gasteiger partial charge in [0.2, 0.25) is 0 Å². The van der Waals surface area contributed by atoms with Crippen LogP contribution in [0, 0.1) is 20.8 Å². The van der Waals surface area contributed by atoms with Crippen LogP contribution >= 0.6 is 0 Å². The summed E-state index contributed by atoms with van der Waals surface area (Å²) in [6.07, 6.45) is 0.157. The van der Waals surface area contributed by atoms with Crippen LogP contribution in [0.1, 0.15) is 35.3 Å². The van der Waals surface area contributed by atoms with Crippen molar-refractivity contribution < 1.29 is 9.47 Å². The molecule has 1 heterocycles. The van der Waals surface area contributed by atoms with E-state index in [-0.39, 0.29) is 6.10 Å². The molecule has 1 aliphatic heterocycles. The number of rotatable bonds is 2. The molecule has 18 heavy (non-hydrogen) atoms. The van der Waals surface area contributed by atoms with E-state index in [1.165, 1.54) is 22.3 Å². The van der Waals surface area contributed by atoms with E-state index in [9.17, 15) is 0 Å². The Hall–Kier alpha value is -1.06. The van der Waals surface area contributed by atoms with Crippen LogP contribution in [0.25, 0.3) is 0 Å². The minimum atomic E-state index is 0.157. The van der Waals surface area contributed by atoms with Crippen molar-refractivity contribution in [3.63, 3.8) is 0 Å². The third kappa shape index (κ3) is 2.38. The van der Waals surface area contributed by atoms with E-state index >= 15 is 0 Å². The molecule has 3 nitrogen and oxygen atoms in total. The minimum Gasteiger partial charge on any atom is -0.496 e. The maximum Gasteiger partial charge on any atom is 0.124 e. The second kappa shape index (κ2) is 5.29. The van der Waals surface area contributed by atoms with Crippen molar-refractivity contribution >= 4 is 0 Å². The molecule has 0 spiro atoms. The average molecular weight is 249 g/mol. The molecule has 2 unspecified atom stereocenters. The summed E-state index contributed by atoms with van der Waals surface area (Å²) in [5, 5.41) is 3.47. The second-order valence-corrected chi connectivity index (χ2v) is 5.20. The maximum absolute atomic E-state index is 5.94. The molecule has 3 heteroatoms. The van der Waals surface area contributed by atoms with Gasteiger partial charge in [-0.2, -0.15) is 0 Å². The first-order valence-electron chi connectivity index (χ1n) is 6.54. The van der Waals surface area contributed by atoms with Gasteiger partial charge in [-0.1, -0.05) is 0 Å². The lowest BCUT2D eigenvalue weighted by Gasteiger charge is -2.30. The Bertz CT molecular complexity index is 435. The molecule has 2 rings (SSSR count). The van der Waals surface area contributed by atoms with Gasteiger partial charge in [0.15, 0.2) is 0 Å². The Kier molecular flexibility index (Phi) is 3.93. The van der Waals surface area contributed by atoms with Gasteiger partial charge in [0.1, 0.15) is 5.75 Å². The molecule has 0 amide bonds. The monoisotopic (exact) mass is 249 g/mol. The standard InChI is InChI=1S/C15H23NO2/c1-9-6-13(11(3)12(4)15(9)17-5)14-7-16-10(2)8-18-14/h6,10,14,16H,7-8H2,1-5H3. The highest BCUT2D eigenvalue weighted by Gasteiger charge is 2.23. The highest BCUT2D eigenvalue weighted by Crippen LogP contribution is 2.33. The van der Waals surface area contributed by atoms with Crippen molar-refractivity contribution in [3.8, 4) is 5.75 Å². The summed E-state index contributed by atoms with van der Waals surface area (Å²) in [4.78, 5) is 0. The van der Waals surface area contributed by atoms with Gasteiger partial charge in [-0.25, -0.2) is 0 Å². The number of aryl methyl sites for hydroxylation is 1. The maximum atomic E-state index is 5.94. The van der Waals surface area contributed by atoms with Crippen LogP contribution in [0.3, 0.4) is 0 Å². The molecule has 100 valence electrons. The first kappa shape index (κ1) is 13.4. The number of ether oxygens (including phenoxy) is 2. The van der Waals surface area contributed by atoms with Gasteiger partial charge in [-0.05, 0) is 56.0 Å². The number of hydrogen-bond acceptors (Lipinski definition) is 3. The van der Waals surface area contributed by atoms with Gasteiger partial charge in [0, 0.05) is 12.6 Å². The highest BCUT2D eigenvalue weighted by atomic mass is 16.5. The highest BCUT2D eigenvalue weighted by molar-refractivity contribution is 5.49. The molecule has 1 aromatic rings. The van der Waals surface area contributed by atoms with Crippen LogP contribution in [-0.4, -0.2) is 26.3 Å². The first-order chi connectivity index (χ1) is 8.54. The summed E-state index contributed by atoms with van der Waals surface area (Å²) in [6, 6.07) is 2.64. The van der Waals surface area contributed by atoms with Crippen molar-refractivity contribution in [2.24, 2.45) is 0 Å². The Morgan fingerprint density at radius 3 is 2.56 bits per heavy atom. The fourth-order valence-corrected chi connectivity index (χ4v) is 2.62. The smallest absolute Gasteiger partial charge is 0.124 e. The van der Waals surface area contributed by atoms with Crippen LogP contribution in [0.4, 0.5) is 0 Å². The fourth-order valence-electron chi connectivity index (χ4n) is 2.62. The number of benzene rings is 1. The normalized spacial score (nSPS) is 24.1. The topological polar surface area (TPSA) is 30.5 Å². The summed E-state index contributed by atoms with van der Waals surface area (Å²) in [6.45, 7) is 10.2. The van der Waals surface area contributed by atoms with Gasteiger partial charge in [-0.15, -0.1) is 0 Å². The molecule has 1 aliphatic rings. The molecule has 1 fully saturated rings. The molecule has 1 N–H and O–H groups in total. The summed E-state index contributed by atoms with van der Waals surface area (Å²) in [7, 11) is 1.73. The Labute approximate surface area is 109 Å². The number of methoxy groups -OCH3 is 1. The van der Waals surface area contributed by atoms with Crippen LogP contribution in [-0.2, 0) is 4.74 Å². The summed E-state index contributed by atoms with van der Waals surface area (Å²) in [5.41, 5.74) is 4.96. The summed E-state index contributed by atoms with van der Waals surface area (Å²) < 4.78 is 11.4. The van der Waals surface area contributed by atoms with Crippen molar-refractivity contribution in [2.45, 2.75) is 39.8 Å². The largest absolute Gasteiger partial charge is 0.496 e. The zero-order valence-electron chi connectivity index (χ0n) is 12.0. The second-order valence-electron chi connectivity index (χ2n) is 5.20. The summed E-state index contributed by atoms with van der Waals surface area (Å²) >= 11 is 0. The van der Waals surface area contributed by atoms with Gasteiger partial charge < -0.3 is 14.8 Å². The van der Waals surface area contributed by atoms with E-state index in [0.717, 1.165) is 18.9 Å². The predicted molar refractivity (Wildman–Crippen MR) is 73.4 cm³/mol. The lowest BCUT2D eigenvalue weighted by molar-refractivity contribution is 0.00652. The van der Waals surface area contributed by atoms with E-state index in [2.05, 4.69) is 39.1 Å². The Morgan fingerprint density at radius 1 is 1.28 bits per heavy atom. The third-order valence-corrected chi connectivity index (χ3v) is 3.82. The average Bonchev–Trinajstić information content (AvgIpc) is 2.36. The Morgan fingerprint density at radius 2 is 2.00 bits per heavy atom. The quantitative estimate of drug-likeness (QED) is 0.874. The first-order valence-corrected chi connectivity index (χ1v) is 6.54. The van der Waals surface area contributed by atoms with Gasteiger partial charge in [0.05, 0.1) is 19.8 Å². The lowest BCUT2D eigenvalue weighted by Crippen LogP contribution is -2.41. The number of nitrogens with one attached hydrogen (secondary N) is 1. The SMILES string of the molecule is COc1c(C)cc(C2CNC(C)CO2)c(C)c1C. The van der Waals surface area contributed by atoms with E-state index in [0.29, 0.717) is 6.04 Å². The lowest BCUT2D eigenvalue weighted by atomic mass is 9.94. The molecular formula is C15H23NO2.